The van der Waals surface area contributed by atoms with E-state index in [1.165, 1.54) is 45.2 Å². The van der Waals surface area contributed by atoms with Gasteiger partial charge >= 0.3 is 0 Å². The maximum absolute atomic E-state index is 3.54. The number of hydrogen-bond donors (Lipinski definition) is 0. The Kier molecular flexibility index (Phi) is 3.08. The first-order valence-electron chi connectivity index (χ1n) is 5.20. The van der Waals surface area contributed by atoms with Gasteiger partial charge in [0.05, 0.1) is 0 Å². The Morgan fingerprint density at radius 3 is 2.33 bits per heavy atom. The van der Waals surface area contributed by atoms with E-state index in [-0.39, 0.29) is 0 Å². The van der Waals surface area contributed by atoms with Gasteiger partial charge in [-0.25, -0.2) is 0 Å². The van der Waals surface area contributed by atoms with Gasteiger partial charge in [-0.05, 0) is 31.6 Å². The van der Waals surface area contributed by atoms with E-state index >= 15 is 0 Å². The van der Waals surface area contributed by atoms with Gasteiger partial charge in [-0.1, -0.05) is 22.4 Å². The van der Waals surface area contributed by atoms with Crippen LogP contribution >= 0.6 is 15.9 Å². The molecule has 0 atom stereocenters. The molecule has 0 aromatic heterocycles. The highest BCUT2D eigenvalue weighted by Gasteiger charge is 2.30. The van der Waals surface area contributed by atoms with Crippen molar-refractivity contribution in [2.45, 2.75) is 38.1 Å². The van der Waals surface area contributed by atoms with Crippen LogP contribution in [0.3, 0.4) is 0 Å². The second-order valence-corrected chi connectivity index (χ2v) is 5.01. The summed E-state index contributed by atoms with van der Waals surface area (Å²) in [6, 6.07) is 0.947. The van der Waals surface area contributed by atoms with Gasteiger partial charge in [0.25, 0.3) is 0 Å². The average molecular weight is 232 g/mol. The molecule has 0 N–H and O–H groups in total. The fraction of sp³-hybridized carbons (Fsp3) is 1.00. The van der Waals surface area contributed by atoms with Crippen molar-refractivity contribution in [2.24, 2.45) is 5.92 Å². The molecule has 2 heteroatoms. The molecule has 0 aromatic rings. The smallest absolute Gasteiger partial charge is 0.0159 e. The van der Waals surface area contributed by atoms with Crippen LogP contribution in [-0.2, 0) is 0 Å². The lowest BCUT2D eigenvalue weighted by molar-refractivity contribution is 0.130. The Hall–Kier alpha value is 0.440. The molecule has 0 radical (unpaired) electrons. The summed E-state index contributed by atoms with van der Waals surface area (Å²) in [6.07, 6.45) is 7.37. The van der Waals surface area contributed by atoms with Gasteiger partial charge in [0.15, 0.2) is 0 Å². The molecule has 0 aliphatic heterocycles. The maximum Gasteiger partial charge on any atom is 0.0159 e. The van der Waals surface area contributed by atoms with Crippen LogP contribution in [0.2, 0.25) is 0 Å². The fourth-order valence-electron chi connectivity index (χ4n) is 1.92. The first kappa shape index (κ1) is 9.01. The van der Waals surface area contributed by atoms with Gasteiger partial charge in [0, 0.05) is 24.5 Å². The van der Waals surface area contributed by atoms with E-state index in [0.717, 1.165) is 17.3 Å². The maximum atomic E-state index is 3.54. The highest BCUT2D eigenvalue weighted by atomic mass is 79.9. The van der Waals surface area contributed by atoms with Crippen molar-refractivity contribution >= 4 is 15.9 Å². The first-order chi connectivity index (χ1) is 5.90. The van der Waals surface area contributed by atoms with E-state index in [2.05, 4.69) is 20.8 Å². The summed E-state index contributed by atoms with van der Waals surface area (Å²) in [5.74, 6) is 1.06. The SMILES string of the molecule is BrCCN(CC1CC1)C1CCC1. The molecule has 2 aliphatic carbocycles. The molecule has 12 heavy (non-hydrogen) atoms. The highest BCUT2D eigenvalue weighted by Crippen LogP contribution is 2.33. The van der Waals surface area contributed by atoms with E-state index in [9.17, 15) is 0 Å². The Bertz CT molecular complexity index is 141. The van der Waals surface area contributed by atoms with Crippen molar-refractivity contribution in [1.82, 2.24) is 4.90 Å². The zero-order chi connectivity index (χ0) is 8.39. The van der Waals surface area contributed by atoms with Crippen molar-refractivity contribution < 1.29 is 0 Å². The van der Waals surface area contributed by atoms with Gasteiger partial charge in [-0.3, -0.25) is 4.90 Å². The molecular formula is C10H18BrN. The average Bonchev–Trinajstić information content (AvgIpc) is 2.68. The Balaban J connectivity index is 1.74. The fourth-order valence-corrected chi connectivity index (χ4v) is 2.37. The summed E-state index contributed by atoms with van der Waals surface area (Å²) in [4.78, 5) is 2.70. The minimum Gasteiger partial charge on any atom is -0.299 e. The van der Waals surface area contributed by atoms with Gasteiger partial charge in [0.2, 0.25) is 0 Å². The zero-order valence-electron chi connectivity index (χ0n) is 7.64. The molecule has 70 valence electrons. The van der Waals surface area contributed by atoms with Crippen molar-refractivity contribution in [3.63, 3.8) is 0 Å². The molecule has 0 aromatic carbocycles. The Morgan fingerprint density at radius 1 is 1.17 bits per heavy atom. The van der Waals surface area contributed by atoms with E-state index in [4.69, 9.17) is 0 Å². The third kappa shape index (κ3) is 2.23. The zero-order valence-corrected chi connectivity index (χ0v) is 9.22. The summed E-state index contributed by atoms with van der Waals surface area (Å²) in [6.45, 7) is 2.65. The molecule has 1 nitrogen and oxygen atoms in total. The van der Waals surface area contributed by atoms with Crippen molar-refractivity contribution in [1.29, 1.82) is 0 Å². The lowest BCUT2D eigenvalue weighted by Gasteiger charge is -2.37. The molecule has 0 heterocycles. The van der Waals surface area contributed by atoms with Crippen molar-refractivity contribution in [3.8, 4) is 0 Å². The molecule has 2 rings (SSSR count). The number of alkyl halides is 1. The Morgan fingerprint density at radius 2 is 1.92 bits per heavy atom. The second-order valence-electron chi connectivity index (χ2n) is 4.21. The van der Waals surface area contributed by atoms with Crippen LogP contribution in [0.25, 0.3) is 0 Å². The molecule has 0 bridgehead atoms. The number of rotatable bonds is 5. The highest BCUT2D eigenvalue weighted by molar-refractivity contribution is 9.09. The summed E-state index contributed by atoms with van der Waals surface area (Å²) >= 11 is 3.54. The molecule has 0 amide bonds. The van der Waals surface area contributed by atoms with Gasteiger partial charge < -0.3 is 0 Å². The summed E-state index contributed by atoms with van der Waals surface area (Å²) < 4.78 is 0. The molecule has 0 unspecified atom stereocenters. The molecule has 2 saturated carbocycles. The third-order valence-electron chi connectivity index (χ3n) is 3.15. The standard InChI is InChI=1S/C10H18BrN/c11-6-7-12(8-9-4-5-9)10-2-1-3-10/h9-10H,1-8H2. The normalized spacial score (nSPS) is 24.5. The Labute approximate surface area is 83.6 Å². The van der Waals surface area contributed by atoms with Crippen LogP contribution in [0.1, 0.15) is 32.1 Å². The summed E-state index contributed by atoms with van der Waals surface area (Å²) in [5.41, 5.74) is 0. The van der Waals surface area contributed by atoms with Gasteiger partial charge in [-0.15, -0.1) is 0 Å². The van der Waals surface area contributed by atoms with E-state index < -0.39 is 0 Å². The summed E-state index contributed by atoms with van der Waals surface area (Å²) in [5, 5.41) is 1.15. The number of halogens is 1. The predicted molar refractivity (Wildman–Crippen MR) is 55.7 cm³/mol. The largest absolute Gasteiger partial charge is 0.299 e. The second kappa shape index (κ2) is 4.10. The molecule has 2 fully saturated rings. The van der Waals surface area contributed by atoms with Crippen molar-refractivity contribution in [3.05, 3.63) is 0 Å². The van der Waals surface area contributed by atoms with Crippen LogP contribution in [-0.4, -0.2) is 29.4 Å². The van der Waals surface area contributed by atoms with Crippen molar-refractivity contribution in [2.75, 3.05) is 18.4 Å². The lowest BCUT2D eigenvalue weighted by atomic mass is 9.91. The quantitative estimate of drug-likeness (QED) is 0.658. The topological polar surface area (TPSA) is 3.24 Å². The minimum atomic E-state index is 0.947. The third-order valence-corrected chi connectivity index (χ3v) is 3.51. The number of hydrogen-bond acceptors (Lipinski definition) is 1. The molecular weight excluding hydrogens is 214 g/mol. The molecule has 0 saturated heterocycles. The van der Waals surface area contributed by atoms with Crippen LogP contribution < -0.4 is 0 Å². The van der Waals surface area contributed by atoms with Crippen LogP contribution in [0, 0.1) is 5.92 Å². The monoisotopic (exact) mass is 231 g/mol. The predicted octanol–water partition coefficient (Wildman–Crippen LogP) is 2.65. The summed E-state index contributed by atoms with van der Waals surface area (Å²) in [7, 11) is 0. The van der Waals surface area contributed by atoms with Crippen LogP contribution in [0.4, 0.5) is 0 Å². The van der Waals surface area contributed by atoms with E-state index in [0.29, 0.717) is 0 Å². The molecule has 2 aliphatic rings. The van der Waals surface area contributed by atoms with Crippen LogP contribution in [0.15, 0.2) is 0 Å². The van der Waals surface area contributed by atoms with Crippen LogP contribution in [0.5, 0.6) is 0 Å². The lowest BCUT2D eigenvalue weighted by Crippen LogP contribution is -2.42. The first-order valence-corrected chi connectivity index (χ1v) is 6.32. The molecule has 0 spiro atoms. The van der Waals surface area contributed by atoms with Gasteiger partial charge in [-0.2, -0.15) is 0 Å². The van der Waals surface area contributed by atoms with E-state index in [1.54, 1.807) is 0 Å². The minimum absolute atomic E-state index is 0.947. The number of nitrogens with zero attached hydrogens (tertiary/aromatic N) is 1. The van der Waals surface area contributed by atoms with Gasteiger partial charge in [0.1, 0.15) is 0 Å². The van der Waals surface area contributed by atoms with E-state index in [1.807, 2.05) is 0 Å².